The maximum atomic E-state index is 12.1. The number of ether oxygens (including phenoxy) is 1. The Bertz CT molecular complexity index is 971. The molecule has 1 aromatic heterocycles. The number of benzene rings is 2. The van der Waals surface area contributed by atoms with E-state index in [0.29, 0.717) is 16.6 Å². The van der Waals surface area contributed by atoms with Crippen molar-refractivity contribution >= 4 is 23.3 Å². The monoisotopic (exact) mass is 400 g/mol. The van der Waals surface area contributed by atoms with E-state index in [1.165, 1.54) is 7.05 Å². The number of rotatable bonds is 5. The van der Waals surface area contributed by atoms with Crippen molar-refractivity contribution in [2.24, 2.45) is 11.7 Å². The number of amides is 2. The molecule has 3 rings (SSSR count). The fourth-order valence-corrected chi connectivity index (χ4v) is 2.77. The van der Waals surface area contributed by atoms with E-state index in [1.807, 2.05) is 31.2 Å². The third kappa shape index (κ3) is 4.25. The Morgan fingerprint density at radius 2 is 1.89 bits per heavy atom. The van der Waals surface area contributed by atoms with Gasteiger partial charge in [-0.15, -0.1) is 5.10 Å². The van der Waals surface area contributed by atoms with Gasteiger partial charge in [0, 0.05) is 29.9 Å². The lowest BCUT2D eigenvalue weighted by Gasteiger charge is -2.24. The van der Waals surface area contributed by atoms with Crippen molar-refractivity contribution in [3.8, 4) is 11.6 Å². The van der Waals surface area contributed by atoms with Gasteiger partial charge in [-0.3, -0.25) is 5.01 Å². The van der Waals surface area contributed by atoms with E-state index < -0.39 is 6.03 Å². The maximum Gasteiger partial charge on any atom is 0.352 e. The lowest BCUT2D eigenvalue weighted by Crippen LogP contribution is -2.49. The van der Waals surface area contributed by atoms with Gasteiger partial charge < -0.3 is 4.74 Å². The molecule has 1 heterocycles. The zero-order valence-corrected chi connectivity index (χ0v) is 16.3. The van der Waals surface area contributed by atoms with Crippen molar-refractivity contribution in [1.29, 1.82) is 0 Å². The first-order chi connectivity index (χ1) is 13.4. The molecule has 0 spiro atoms. The highest BCUT2D eigenvalue weighted by Gasteiger charge is 2.19. The average molecular weight is 401 g/mol. The van der Waals surface area contributed by atoms with Crippen LogP contribution >= 0.6 is 11.6 Å². The quantitative estimate of drug-likeness (QED) is 0.389. The van der Waals surface area contributed by atoms with Crippen LogP contribution in [0.2, 0.25) is 5.02 Å². The molecule has 0 radical (unpaired) electrons. The minimum absolute atomic E-state index is 0.189. The van der Waals surface area contributed by atoms with Gasteiger partial charge >= 0.3 is 6.03 Å². The van der Waals surface area contributed by atoms with Crippen molar-refractivity contribution < 1.29 is 9.53 Å². The first-order valence-corrected chi connectivity index (χ1v) is 8.84. The first kappa shape index (κ1) is 19.7. The van der Waals surface area contributed by atoms with Crippen LogP contribution in [0.25, 0.3) is 5.69 Å². The predicted molar refractivity (Wildman–Crippen MR) is 108 cm³/mol. The average Bonchev–Trinajstić information content (AvgIpc) is 3.15. The number of carbonyl (C=O) groups is 1. The molecule has 0 aliphatic carbocycles. The SMILES string of the molecule is Cc1cccc(N(N)C(=O)N(C)N)c1COc1ccn(-c2ccc(Cl)cc2)n1. The van der Waals surface area contributed by atoms with Gasteiger partial charge in [0.1, 0.15) is 6.61 Å². The second kappa shape index (κ2) is 8.30. The third-order valence-electron chi connectivity index (χ3n) is 4.17. The molecule has 4 N–H and O–H groups in total. The number of anilines is 1. The van der Waals surface area contributed by atoms with Crippen LogP contribution in [0.5, 0.6) is 5.88 Å². The summed E-state index contributed by atoms with van der Waals surface area (Å²) in [7, 11) is 1.43. The number of halogens is 1. The molecule has 0 fully saturated rings. The third-order valence-corrected chi connectivity index (χ3v) is 4.43. The molecule has 9 heteroatoms. The summed E-state index contributed by atoms with van der Waals surface area (Å²) in [6.07, 6.45) is 1.79. The van der Waals surface area contributed by atoms with E-state index in [1.54, 1.807) is 35.1 Å². The number of hydrazine groups is 2. The molecule has 0 atom stereocenters. The van der Waals surface area contributed by atoms with Crippen LogP contribution in [0, 0.1) is 6.92 Å². The van der Waals surface area contributed by atoms with Crippen molar-refractivity contribution in [3.63, 3.8) is 0 Å². The van der Waals surface area contributed by atoms with Gasteiger partial charge in [-0.25, -0.2) is 26.2 Å². The van der Waals surface area contributed by atoms with Crippen LogP contribution in [0.1, 0.15) is 11.1 Å². The maximum absolute atomic E-state index is 12.1. The number of hydrogen-bond acceptors (Lipinski definition) is 5. The molecule has 0 unspecified atom stereocenters. The Labute approximate surface area is 167 Å². The summed E-state index contributed by atoms with van der Waals surface area (Å²) >= 11 is 5.92. The summed E-state index contributed by atoms with van der Waals surface area (Å²) in [6.45, 7) is 2.11. The van der Waals surface area contributed by atoms with Gasteiger partial charge in [0.25, 0.3) is 0 Å². The molecule has 146 valence electrons. The van der Waals surface area contributed by atoms with Crippen molar-refractivity contribution in [3.05, 3.63) is 70.9 Å². The molecule has 0 aliphatic heterocycles. The molecule has 0 saturated heterocycles. The standard InChI is InChI=1S/C19H21ClN6O2/c1-13-4-3-5-17(26(22)19(27)24(2)21)16(13)12-28-18-10-11-25(23-18)15-8-6-14(20)7-9-15/h3-11H,12,21-22H2,1-2H3. The Hall–Kier alpha value is -3.07. The zero-order valence-electron chi connectivity index (χ0n) is 15.5. The smallest absolute Gasteiger partial charge is 0.352 e. The van der Waals surface area contributed by atoms with Crippen LogP contribution in [-0.4, -0.2) is 27.9 Å². The summed E-state index contributed by atoms with van der Waals surface area (Å²) in [5, 5.41) is 6.98. The predicted octanol–water partition coefficient (Wildman–Crippen LogP) is 3.02. The van der Waals surface area contributed by atoms with Gasteiger partial charge in [-0.05, 0) is 42.8 Å². The minimum Gasteiger partial charge on any atom is -0.472 e. The second-order valence-electron chi connectivity index (χ2n) is 6.20. The van der Waals surface area contributed by atoms with Gasteiger partial charge in [0.2, 0.25) is 5.88 Å². The Morgan fingerprint density at radius 3 is 2.57 bits per heavy atom. The van der Waals surface area contributed by atoms with E-state index in [9.17, 15) is 4.79 Å². The van der Waals surface area contributed by atoms with Crippen LogP contribution in [0.4, 0.5) is 10.5 Å². The summed E-state index contributed by atoms with van der Waals surface area (Å²) < 4.78 is 7.52. The van der Waals surface area contributed by atoms with Gasteiger partial charge in [0.05, 0.1) is 11.4 Å². The Kier molecular flexibility index (Phi) is 5.84. The number of urea groups is 1. The van der Waals surface area contributed by atoms with E-state index in [4.69, 9.17) is 28.0 Å². The summed E-state index contributed by atoms with van der Waals surface area (Å²) in [5.41, 5.74) is 3.07. The molecular formula is C19H21ClN6O2. The molecule has 0 aliphatic rings. The summed E-state index contributed by atoms with van der Waals surface area (Å²) in [4.78, 5) is 12.1. The minimum atomic E-state index is -0.543. The summed E-state index contributed by atoms with van der Waals surface area (Å²) in [6, 6.07) is 14.0. The molecule has 3 aromatic rings. The highest BCUT2D eigenvalue weighted by molar-refractivity contribution is 6.30. The Morgan fingerprint density at radius 1 is 1.18 bits per heavy atom. The molecule has 0 bridgehead atoms. The normalized spacial score (nSPS) is 10.6. The zero-order chi connectivity index (χ0) is 20.3. The highest BCUT2D eigenvalue weighted by atomic mass is 35.5. The van der Waals surface area contributed by atoms with E-state index in [0.717, 1.165) is 26.8 Å². The molecule has 2 amide bonds. The van der Waals surface area contributed by atoms with Crippen molar-refractivity contribution in [1.82, 2.24) is 14.8 Å². The van der Waals surface area contributed by atoms with Crippen LogP contribution in [0.3, 0.4) is 0 Å². The number of aryl methyl sites for hydroxylation is 1. The number of aromatic nitrogens is 2. The lowest BCUT2D eigenvalue weighted by atomic mass is 10.1. The molecular weight excluding hydrogens is 380 g/mol. The van der Waals surface area contributed by atoms with Gasteiger partial charge in [-0.1, -0.05) is 23.7 Å². The van der Waals surface area contributed by atoms with Crippen LogP contribution in [0.15, 0.2) is 54.7 Å². The van der Waals surface area contributed by atoms with Crippen LogP contribution < -0.4 is 21.4 Å². The van der Waals surface area contributed by atoms with Crippen molar-refractivity contribution in [2.75, 3.05) is 12.1 Å². The van der Waals surface area contributed by atoms with E-state index in [2.05, 4.69) is 5.10 Å². The molecule has 8 nitrogen and oxygen atoms in total. The molecule has 2 aromatic carbocycles. The number of carbonyl (C=O) groups excluding carboxylic acids is 1. The topological polar surface area (TPSA) is 103 Å². The fraction of sp³-hybridized carbons (Fsp3) is 0.158. The number of nitrogens with two attached hydrogens (primary N) is 2. The lowest BCUT2D eigenvalue weighted by molar-refractivity contribution is 0.216. The summed E-state index contributed by atoms with van der Waals surface area (Å²) in [5.74, 6) is 11.9. The van der Waals surface area contributed by atoms with Crippen molar-refractivity contribution in [2.45, 2.75) is 13.5 Å². The van der Waals surface area contributed by atoms with Gasteiger partial charge in [0.15, 0.2) is 0 Å². The fourth-order valence-electron chi connectivity index (χ4n) is 2.64. The highest BCUT2D eigenvalue weighted by Crippen LogP contribution is 2.24. The molecule has 0 saturated carbocycles. The van der Waals surface area contributed by atoms with Crippen LogP contribution in [-0.2, 0) is 6.61 Å². The number of nitrogens with zero attached hydrogens (tertiary/aromatic N) is 4. The van der Waals surface area contributed by atoms with E-state index in [-0.39, 0.29) is 6.61 Å². The largest absolute Gasteiger partial charge is 0.472 e. The number of hydrogen-bond donors (Lipinski definition) is 2. The molecule has 28 heavy (non-hydrogen) atoms. The first-order valence-electron chi connectivity index (χ1n) is 8.47. The van der Waals surface area contributed by atoms with Gasteiger partial charge in [-0.2, -0.15) is 0 Å². The van der Waals surface area contributed by atoms with E-state index >= 15 is 0 Å². The Balaban J connectivity index is 1.78. The second-order valence-corrected chi connectivity index (χ2v) is 6.64.